The summed E-state index contributed by atoms with van der Waals surface area (Å²) in [4.78, 5) is 23.5. The second-order valence-electron chi connectivity index (χ2n) is 3.84. The summed E-state index contributed by atoms with van der Waals surface area (Å²) in [5.41, 5.74) is 2.61. The zero-order valence-corrected chi connectivity index (χ0v) is 10.3. The lowest BCUT2D eigenvalue weighted by Crippen LogP contribution is -2.26. The first-order valence-electron chi connectivity index (χ1n) is 5.82. The summed E-state index contributed by atoms with van der Waals surface area (Å²) < 4.78 is 1.95. The molecule has 0 aromatic carbocycles. The number of anilines is 1. The second-order valence-corrected chi connectivity index (χ2v) is 3.84. The third-order valence-electron chi connectivity index (χ3n) is 2.47. The Morgan fingerprint density at radius 2 is 2.26 bits per heavy atom. The minimum absolute atomic E-state index is 0.248. The van der Waals surface area contributed by atoms with Crippen LogP contribution in [0.1, 0.15) is 16.9 Å². The predicted octanol–water partition coefficient (Wildman–Crippen LogP) is -0.221. The molecule has 8 nitrogen and oxygen atoms in total. The molecule has 1 amide bonds. The van der Waals surface area contributed by atoms with E-state index in [1.54, 1.807) is 12.5 Å². The molecule has 0 aliphatic carbocycles. The number of hydrazine groups is 1. The molecule has 8 heteroatoms. The molecule has 0 radical (unpaired) electrons. The SMILES string of the molecule is NNc1cnc(C(=O)NCCCn2ccnc2)cn1. The summed E-state index contributed by atoms with van der Waals surface area (Å²) in [6.45, 7) is 1.37. The number of nitrogens with one attached hydrogen (secondary N) is 2. The van der Waals surface area contributed by atoms with Crippen LogP contribution >= 0.6 is 0 Å². The fourth-order valence-corrected chi connectivity index (χ4v) is 1.49. The molecule has 0 saturated carbocycles. The van der Waals surface area contributed by atoms with Crippen molar-refractivity contribution >= 4 is 11.7 Å². The van der Waals surface area contributed by atoms with Gasteiger partial charge in [-0.05, 0) is 6.42 Å². The van der Waals surface area contributed by atoms with E-state index in [-0.39, 0.29) is 11.6 Å². The number of carbonyl (C=O) groups is 1. The molecule has 2 aromatic rings. The number of carbonyl (C=O) groups excluding carboxylic acids is 1. The third-order valence-corrected chi connectivity index (χ3v) is 2.47. The highest BCUT2D eigenvalue weighted by Crippen LogP contribution is 1.98. The average Bonchev–Trinajstić information content (AvgIpc) is 2.96. The molecule has 100 valence electrons. The number of amides is 1. The van der Waals surface area contributed by atoms with E-state index in [0.717, 1.165) is 13.0 Å². The highest BCUT2D eigenvalue weighted by atomic mass is 16.1. The van der Waals surface area contributed by atoms with Gasteiger partial charge in [-0.2, -0.15) is 0 Å². The van der Waals surface area contributed by atoms with Gasteiger partial charge in [0.2, 0.25) is 0 Å². The molecule has 4 N–H and O–H groups in total. The Labute approximate surface area is 110 Å². The molecular formula is C11H15N7O. The van der Waals surface area contributed by atoms with Gasteiger partial charge < -0.3 is 15.3 Å². The number of nitrogen functional groups attached to an aromatic ring is 1. The molecule has 2 rings (SSSR count). The first-order valence-corrected chi connectivity index (χ1v) is 5.82. The Bertz CT molecular complexity index is 508. The average molecular weight is 261 g/mol. The summed E-state index contributed by atoms with van der Waals surface area (Å²) in [5.74, 6) is 5.33. The summed E-state index contributed by atoms with van der Waals surface area (Å²) in [6.07, 6.45) is 8.94. The van der Waals surface area contributed by atoms with Crippen molar-refractivity contribution in [3.05, 3.63) is 36.8 Å². The van der Waals surface area contributed by atoms with E-state index < -0.39 is 0 Å². The third kappa shape index (κ3) is 3.75. The Morgan fingerprint density at radius 3 is 2.89 bits per heavy atom. The lowest BCUT2D eigenvalue weighted by atomic mass is 10.3. The molecule has 0 aliphatic rings. The van der Waals surface area contributed by atoms with E-state index in [1.807, 2.05) is 10.8 Å². The smallest absolute Gasteiger partial charge is 0.271 e. The zero-order chi connectivity index (χ0) is 13.5. The van der Waals surface area contributed by atoms with Crippen LogP contribution in [-0.2, 0) is 6.54 Å². The number of aromatic nitrogens is 4. The van der Waals surface area contributed by atoms with Crippen LogP contribution in [0.5, 0.6) is 0 Å². The molecule has 0 saturated heterocycles. The second kappa shape index (κ2) is 6.45. The van der Waals surface area contributed by atoms with Gasteiger partial charge >= 0.3 is 0 Å². The molecule has 2 aromatic heterocycles. The number of rotatable bonds is 6. The Kier molecular flexibility index (Phi) is 4.40. The summed E-state index contributed by atoms with van der Waals surface area (Å²) in [5, 5.41) is 2.77. The van der Waals surface area contributed by atoms with Gasteiger partial charge in [0.25, 0.3) is 5.91 Å². The van der Waals surface area contributed by atoms with Crippen LogP contribution in [0.25, 0.3) is 0 Å². The quantitative estimate of drug-likeness (QED) is 0.376. The van der Waals surface area contributed by atoms with Crippen molar-refractivity contribution in [1.29, 1.82) is 0 Å². The number of nitrogens with two attached hydrogens (primary N) is 1. The highest BCUT2D eigenvalue weighted by Gasteiger charge is 2.06. The van der Waals surface area contributed by atoms with Crippen LogP contribution in [0.15, 0.2) is 31.1 Å². The van der Waals surface area contributed by atoms with E-state index >= 15 is 0 Å². The van der Waals surface area contributed by atoms with E-state index in [1.165, 1.54) is 12.4 Å². The lowest BCUT2D eigenvalue weighted by Gasteiger charge is -2.05. The molecular weight excluding hydrogens is 246 g/mol. The van der Waals surface area contributed by atoms with Crippen molar-refractivity contribution in [3.63, 3.8) is 0 Å². The van der Waals surface area contributed by atoms with Crippen molar-refractivity contribution in [2.24, 2.45) is 5.84 Å². The molecule has 0 atom stereocenters. The lowest BCUT2D eigenvalue weighted by molar-refractivity contribution is 0.0947. The number of imidazole rings is 1. The number of nitrogens with zero attached hydrogens (tertiary/aromatic N) is 4. The molecule has 19 heavy (non-hydrogen) atoms. The van der Waals surface area contributed by atoms with Crippen molar-refractivity contribution in [3.8, 4) is 0 Å². The number of aryl methyl sites for hydroxylation is 1. The number of hydrogen-bond donors (Lipinski definition) is 3. The van der Waals surface area contributed by atoms with E-state index in [2.05, 4.69) is 25.7 Å². The van der Waals surface area contributed by atoms with Gasteiger partial charge in [0.05, 0.1) is 18.7 Å². The summed E-state index contributed by atoms with van der Waals surface area (Å²) >= 11 is 0. The van der Waals surface area contributed by atoms with E-state index in [9.17, 15) is 4.79 Å². The summed E-state index contributed by atoms with van der Waals surface area (Å²) in [7, 11) is 0. The van der Waals surface area contributed by atoms with E-state index in [4.69, 9.17) is 5.84 Å². The molecule has 0 bridgehead atoms. The molecule has 0 aliphatic heterocycles. The Morgan fingerprint density at radius 1 is 1.37 bits per heavy atom. The zero-order valence-electron chi connectivity index (χ0n) is 10.3. The van der Waals surface area contributed by atoms with Crippen LogP contribution in [0.3, 0.4) is 0 Å². The fraction of sp³-hybridized carbons (Fsp3) is 0.273. The van der Waals surface area contributed by atoms with Crippen molar-refractivity contribution in [2.45, 2.75) is 13.0 Å². The van der Waals surface area contributed by atoms with Gasteiger partial charge in [-0.1, -0.05) is 0 Å². The van der Waals surface area contributed by atoms with Gasteiger partial charge in [0.1, 0.15) is 5.69 Å². The Balaban J connectivity index is 1.74. The minimum atomic E-state index is -0.248. The first-order chi connectivity index (χ1) is 9.29. The largest absolute Gasteiger partial charge is 0.351 e. The maximum Gasteiger partial charge on any atom is 0.271 e. The molecule has 0 unspecified atom stereocenters. The van der Waals surface area contributed by atoms with E-state index in [0.29, 0.717) is 12.4 Å². The van der Waals surface area contributed by atoms with Crippen molar-refractivity contribution in [1.82, 2.24) is 24.8 Å². The highest BCUT2D eigenvalue weighted by molar-refractivity contribution is 5.91. The number of hydrogen-bond acceptors (Lipinski definition) is 6. The van der Waals surface area contributed by atoms with Crippen LogP contribution < -0.4 is 16.6 Å². The normalized spacial score (nSPS) is 10.2. The van der Waals surface area contributed by atoms with Crippen molar-refractivity contribution < 1.29 is 4.79 Å². The van der Waals surface area contributed by atoms with Crippen LogP contribution in [0, 0.1) is 0 Å². The Hall–Kier alpha value is -2.48. The van der Waals surface area contributed by atoms with Gasteiger partial charge in [0.15, 0.2) is 5.82 Å². The van der Waals surface area contributed by atoms with Gasteiger partial charge in [-0.3, -0.25) is 4.79 Å². The fourth-order valence-electron chi connectivity index (χ4n) is 1.49. The van der Waals surface area contributed by atoms with Crippen LogP contribution in [-0.4, -0.2) is 32.0 Å². The predicted molar refractivity (Wildman–Crippen MR) is 69.0 cm³/mol. The first kappa shape index (κ1) is 13.0. The van der Waals surface area contributed by atoms with Gasteiger partial charge in [-0.15, -0.1) is 0 Å². The molecule has 2 heterocycles. The minimum Gasteiger partial charge on any atom is -0.351 e. The molecule has 0 fully saturated rings. The standard InChI is InChI=1S/C11H15N7O/c12-17-10-7-15-9(6-16-10)11(19)14-2-1-4-18-5-3-13-8-18/h3,5-8H,1-2,4,12H2,(H,14,19)(H,16,17). The van der Waals surface area contributed by atoms with Gasteiger partial charge in [0, 0.05) is 25.5 Å². The maximum atomic E-state index is 11.7. The summed E-state index contributed by atoms with van der Waals surface area (Å²) in [6, 6.07) is 0. The monoisotopic (exact) mass is 261 g/mol. The van der Waals surface area contributed by atoms with Crippen molar-refractivity contribution in [2.75, 3.05) is 12.0 Å². The maximum absolute atomic E-state index is 11.7. The van der Waals surface area contributed by atoms with Crippen LogP contribution in [0.4, 0.5) is 5.82 Å². The van der Waals surface area contributed by atoms with Gasteiger partial charge in [-0.25, -0.2) is 20.8 Å². The van der Waals surface area contributed by atoms with Crippen LogP contribution in [0.2, 0.25) is 0 Å². The molecule has 0 spiro atoms. The topological polar surface area (TPSA) is 111 Å².